The molecule has 0 atom stereocenters. The van der Waals surface area contributed by atoms with Gasteiger partial charge in [-0.1, -0.05) is 30.3 Å². The van der Waals surface area contributed by atoms with Crippen molar-refractivity contribution in [3.63, 3.8) is 0 Å². The van der Waals surface area contributed by atoms with Crippen molar-refractivity contribution in [1.82, 2.24) is 14.6 Å². The van der Waals surface area contributed by atoms with E-state index in [0.717, 1.165) is 51.2 Å². The molecule has 150 valence electrons. The Bertz CT molecular complexity index is 1400. The number of hydrogen-bond acceptors (Lipinski definition) is 5. The number of pyridine rings is 1. The van der Waals surface area contributed by atoms with E-state index in [9.17, 15) is 0 Å². The fourth-order valence-electron chi connectivity index (χ4n) is 3.66. The van der Waals surface area contributed by atoms with E-state index in [0.29, 0.717) is 0 Å². The molecule has 0 saturated carbocycles. The number of aromatic nitrogens is 3. The average molecular weight is 407 g/mol. The summed E-state index contributed by atoms with van der Waals surface area (Å²) in [6.45, 7) is 0.241. The van der Waals surface area contributed by atoms with Crippen LogP contribution in [-0.4, -0.2) is 21.4 Å². The minimum absolute atomic E-state index is 0.241. The summed E-state index contributed by atoms with van der Waals surface area (Å²) in [6, 6.07) is 27.6. The highest BCUT2D eigenvalue weighted by Crippen LogP contribution is 2.36. The Morgan fingerprint density at radius 2 is 1.52 bits per heavy atom. The predicted octanol–water partition coefficient (Wildman–Crippen LogP) is 5.58. The number of hydrogen-bond donors (Lipinski definition) is 0. The molecule has 0 spiro atoms. The lowest BCUT2D eigenvalue weighted by Gasteiger charge is -2.09. The third-order valence-electron chi connectivity index (χ3n) is 5.18. The highest BCUT2D eigenvalue weighted by Gasteiger charge is 2.17. The van der Waals surface area contributed by atoms with E-state index in [-0.39, 0.29) is 6.79 Å². The fourth-order valence-corrected chi connectivity index (χ4v) is 3.66. The molecule has 2 aromatic heterocycles. The molecular weight excluding hydrogens is 390 g/mol. The fraction of sp³-hybridized carbons (Fsp3) is 0.0400. The summed E-state index contributed by atoms with van der Waals surface area (Å²) in [5.74, 6) is 3.79. The average Bonchev–Trinajstić information content (AvgIpc) is 3.46. The minimum Gasteiger partial charge on any atom is -0.457 e. The molecule has 0 radical (unpaired) electrons. The van der Waals surface area contributed by atoms with Crippen molar-refractivity contribution in [3.8, 4) is 45.5 Å². The van der Waals surface area contributed by atoms with Gasteiger partial charge in [0.2, 0.25) is 6.79 Å². The van der Waals surface area contributed by atoms with Gasteiger partial charge in [-0.05, 0) is 65.7 Å². The van der Waals surface area contributed by atoms with E-state index in [1.165, 1.54) is 0 Å². The molecule has 6 heteroatoms. The maximum atomic E-state index is 5.99. The Hall–Kier alpha value is -4.32. The van der Waals surface area contributed by atoms with Gasteiger partial charge >= 0.3 is 0 Å². The Kier molecular flexibility index (Phi) is 4.06. The summed E-state index contributed by atoms with van der Waals surface area (Å²) < 4.78 is 18.9. The van der Waals surface area contributed by atoms with Crippen molar-refractivity contribution in [2.45, 2.75) is 0 Å². The van der Waals surface area contributed by atoms with Crippen LogP contribution in [0.15, 0.2) is 91.1 Å². The first-order chi connectivity index (χ1) is 15.3. The maximum absolute atomic E-state index is 5.99. The van der Waals surface area contributed by atoms with E-state index in [2.05, 4.69) is 16.3 Å². The quantitative estimate of drug-likeness (QED) is 0.389. The van der Waals surface area contributed by atoms with Crippen LogP contribution in [0.3, 0.4) is 0 Å². The first-order valence-corrected chi connectivity index (χ1v) is 9.92. The van der Waals surface area contributed by atoms with Crippen LogP contribution < -0.4 is 14.2 Å². The zero-order chi connectivity index (χ0) is 20.6. The van der Waals surface area contributed by atoms with E-state index >= 15 is 0 Å². The summed E-state index contributed by atoms with van der Waals surface area (Å²) in [5, 5.41) is 8.70. The summed E-state index contributed by atoms with van der Waals surface area (Å²) in [4.78, 5) is 0. The van der Waals surface area contributed by atoms with Crippen molar-refractivity contribution >= 4 is 5.65 Å². The second-order valence-electron chi connectivity index (χ2n) is 7.18. The van der Waals surface area contributed by atoms with Crippen molar-refractivity contribution in [1.29, 1.82) is 0 Å². The third-order valence-corrected chi connectivity index (χ3v) is 5.18. The van der Waals surface area contributed by atoms with Gasteiger partial charge in [-0.2, -0.15) is 0 Å². The first kappa shape index (κ1) is 17.5. The van der Waals surface area contributed by atoms with Gasteiger partial charge in [-0.25, -0.2) is 0 Å². The van der Waals surface area contributed by atoms with Crippen molar-refractivity contribution < 1.29 is 14.2 Å². The zero-order valence-corrected chi connectivity index (χ0v) is 16.4. The molecule has 0 N–H and O–H groups in total. The molecule has 0 saturated heterocycles. The van der Waals surface area contributed by atoms with Crippen LogP contribution in [0, 0.1) is 0 Å². The molecule has 0 fully saturated rings. The molecule has 5 aromatic rings. The van der Waals surface area contributed by atoms with Gasteiger partial charge in [0, 0.05) is 11.8 Å². The standard InChI is InChI=1S/C25H17N3O3/c1-2-6-20(7-3-1)31-21-8-4-5-17(13-21)19-10-12-24-26-27-25(28(24)15-19)18-9-11-22-23(14-18)30-16-29-22/h1-15H,16H2. The van der Waals surface area contributed by atoms with Crippen molar-refractivity contribution in [2.24, 2.45) is 0 Å². The van der Waals surface area contributed by atoms with Gasteiger partial charge in [0.25, 0.3) is 0 Å². The first-order valence-electron chi connectivity index (χ1n) is 9.92. The molecule has 0 amide bonds. The van der Waals surface area contributed by atoms with Gasteiger partial charge in [-0.3, -0.25) is 4.40 Å². The van der Waals surface area contributed by atoms with Gasteiger partial charge in [0.15, 0.2) is 23.0 Å². The topological polar surface area (TPSA) is 57.9 Å². The summed E-state index contributed by atoms with van der Waals surface area (Å²) in [6.07, 6.45) is 2.04. The highest BCUT2D eigenvalue weighted by atomic mass is 16.7. The normalized spacial score (nSPS) is 12.3. The van der Waals surface area contributed by atoms with E-state index < -0.39 is 0 Å². The van der Waals surface area contributed by atoms with E-state index in [1.807, 2.05) is 89.5 Å². The van der Waals surface area contributed by atoms with Crippen LogP contribution in [0.25, 0.3) is 28.2 Å². The van der Waals surface area contributed by atoms with E-state index in [1.54, 1.807) is 0 Å². The number of rotatable bonds is 4. The lowest BCUT2D eigenvalue weighted by atomic mass is 10.1. The van der Waals surface area contributed by atoms with Crippen molar-refractivity contribution in [2.75, 3.05) is 6.79 Å². The van der Waals surface area contributed by atoms with Crippen LogP contribution in [0.4, 0.5) is 0 Å². The molecule has 31 heavy (non-hydrogen) atoms. The largest absolute Gasteiger partial charge is 0.457 e. The highest BCUT2D eigenvalue weighted by molar-refractivity contribution is 5.69. The van der Waals surface area contributed by atoms with Gasteiger partial charge in [-0.15, -0.1) is 10.2 Å². The zero-order valence-electron chi connectivity index (χ0n) is 16.4. The Morgan fingerprint density at radius 3 is 2.45 bits per heavy atom. The van der Waals surface area contributed by atoms with Crippen LogP contribution in [-0.2, 0) is 0 Å². The SMILES string of the molecule is c1ccc(Oc2cccc(-c3ccc4nnc(-c5ccc6c(c5)OCO6)n4c3)c2)cc1. The third kappa shape index (κ3) is 3.24. The summed E-state index contributed by atoms with van der Waals surface area (Å²) in [5.41, 5.74) is 3.76. The Balaban J connectivity index is 1.38. The number of fused-ring (bicyclic) bond motifs is 2. The second kappa shape index (κ2) is 7.18. The molecule has 3 heterocycles. The van der Waals surface area contributed by atoms with Crippen LogP contribution in [0.5, 0.6) is 23.0 Å². The second-order valence-corrected chi connectivity index (χ2v) is 7.18. The molecule has 6 nitrogen and oxygen atoms in total. The molecule has 0 aliphatic carbocycles. The van der Waals surface area contributed by atoms with Crippen LogP contribution in [0.1, 0.15) is 0 Å². The molecule has 6 rings (SSSR count). The van der Waals surface area contributed by atoms with Gasteiger partial charge in [0.1, 0.15) is 11.5 Å². The smallest absolute Gasteiger partial charge is 0.231 e. The molecule has 0 unspecified atom stereocenters. The number of nitrogens with zero attached hydrogens (tertiary/aromatic N) is 3. The molecule has 1 aliphatic heterocycles. The Morgan fingerprint density at radius 1 is 0.677 bits per heavy atom. The minimum atomic E-state index is 0.241. The molecule has 0 bridgehead atoms. The van der Waals surface area contributed by atoms with E-state index in [4.69, 9.17) is 14.2 Å². The Labute approximate surface area is 178 Å². The monoisotopic (exact) mass is 407 g/mol. The maximum Gasteiger partial charge on any atom is 0.231 e. The molecule has 3 aromatic carbocycles. The lowest BCUT2D eigenvalue weighted by molar-refractivity contribution is 0.174. The molecular formula is C25H17N3O3. The summed E-state index contributed by atoms with van der Waals surface area (Å²) >= 11 is 0. The summed E-state index contributed by atoms with van der Waals surface area (Å²) in [7, 11) is 0. The predicted molar refractivity (Wildman–Crippen MR) is 116 cm³/mol. The van der Waals surface area contributed by atoms with Gasteiger partial charge < -0.3 is 14.2 Å². The number of para-hydroxylation sites is 1. The lowest BCUT2D eigenvalue weighted by Crippen LogP contribution is -1.93. The van der Waals surface area contributed by atoms with Crippen LogP contribution in [0.2, 0.25) is 0 Å². The van der Waals surface area contributed by atoms with Crippen molar-refractivity contribution in [3.05, 3.63) is 91.1 Å². The number of benzene rings is 3. The van der Waals surface area contributed by atoms with Crippen LogP contribution >= 0.6 is 0 Å². The number of ether oxygens (including phenoxy) is 3. The van der Waals surface area contributed by atoms with Gasteiger partial charge in [0.05, 0.1) is 0 Å². The molecule has 1 aliphatic rings.